The molecule has 1 amide bonds. The number of methoxy groups -OCH3 is 1. The average Bonchev–Trinajstić information content (AvgIpc) is 2.59. The van der Waals surface area contributed by atoms with Crippen molar-refractivity contribution in [3.05, 3.63) is 23.8 Å². The van der Waals surface area contributed by atoms with Gasteiger partial charge < -0.3 is 15.8 Å². The second kappa shape index (κ2) is 10.4. The van der Waals surface area contributed by atoms with E-state index in [4.69, 9.17) is 10.5 Å². The molecule has 28 heavy (non-hydrogen) atoms. The Hall–Kier alpha value is -1.35. The highest BCUT2D eigenvalue weighted by Crippen LogP contribution is 2.32. The molecule has 1 aromatic carbocycles. The van der Waals surface area contributed by atoms with E-state index in [-0.39, 0.29) is 40.6 Å². The lowest BCUT2D eigenvalue weighted by atomic mass is 9.94. The standard InChI is InChI=1S/C19H31N3O4S.ClH/c1-13-9-14(2)12-22(11-13)27(24,25)18-10-16(5-6-17(18)26-4)19(23)21-8-7-15(3)20;/h5-6,10,13-15H,7-9,11-12,20H2,1-4H3,(H,21,23);1H. The van der Waals surface area contributed by atoms with Crippen molar-refractivity contribution in [3.63, 3.8) is 0 Å². The maximum Gasteiger partial charge on any atom is 0.251 e. The molecule has 3 N–H and O–H groups in total. The van der Waals surface area contributed by atoms with Gasteiger partial charge >= 0.3 is 0 Å². The minimum atomic E-state index is -3.75. The lowest BCUT2D eigenvalue weighted by Gasteiger charge is -2.34. The number of hydrogen-bond donors (Lipinski definition) is 2. The first-order valence-corrected chi connectivity index (χ1v) is 10.8. The number of benzene rings is 1. The molecule has 7 nitrogen and oxygen atoms in total. The van der Waals surface area contributed by atoms with Crippen molar-refractivity contribution in [2.24, 2.45) is 17.6 Å². The Kier molecular flexibility index (Phi) is 9.20. The third-order valence-corrected chi connectivity index (χ3v) is 6.62. The maximum atomic E-state index is 13.2. The lowest BCUT2D eigenvalue weighted by molar-refractivity contribution is 0.0952. The smallest absolute Gasteiger partial charge is 0.251 e. The van der Waals surface area contributed by atoms with Gasteiger partial charge in [-0.15, -0.1) is 12.4 Å². The molecule has 0 bridgehead atoms. The normalized spacial score (nSPS) is 21.5. The van der Waals surface area contributed by atoms with Crippen LogP contribution in [-0.4, -0.2) is 51.4 Å². The zero-order chi connectivity index (χ0) is 20.2. The number of nitrogens with two attached hydrogens (primary N) is 1. The molecule has 3 atom stereocenters. The number of hydrogen-bond acceptors (Lipinski definition) is 5. The summed E-state index contributed by atoms with van der Waals surface area (Å²) in [5.74, 6) is 0.502. The van der Waals surface area contributed by atoms with E-state index in [1.165, 1.54) is 23.5 Å². The van der Waals surface area contributed by atoms with Crippen LogP contribution in [0.3, 0.4) is 0 Å². The molecule has 9 heteroatoms. The van der Waals surface area contributed by atoms with Crippen LogP contribution in [0.1, 0.15) is 44.0 Å². The zero-order valence-electron chi connectivity index (χ0n) is 17.0. The van der Waals surface area contributed by atoms with Crippen LogP contribution in [-0.2, 0) is 10.0 Å². The quantitative estimate of drug-likeness (QED) is 0.686. The summed E-state index contributed by atoms with van der Waals surface area (Å²) < 4.78 is 33.2. The topological polar surface area (TPSA) is 102 Å². The summed E-state index contributed by atoms with van der Waals surface area (Å²) in [6, 6.07) is 4.49. The van der Waals surface area contributed by atoms with Crippen LogP contribution < -0.4 is 15.8 Å². The second-order valence-electron chi connectivity index (χ2n) is 7.66. The van der Waals surface area contributed by atoms with E-state index in [2.05, 4.69) is 19.2 Å². The molecule has 1 aliphatic rings. The predicted molar refractivity (Wildman–Crippen MR) is 113 cm³/mol. The molecule has 160 valence electrons. The SMILES string of the molecule is COc1ccc(C(=O)NCCC(C)N)cc1S(=O)(=O)N1CC(C)CC(C)C1.Cl. The van der Waals surface area contributed by atoms with E-state index in [1.807, 2.05) is 6.92 Å². The van der Waals surface area contributed by atoms with E-state index in [9.17, 15) is 13.2 Å². The van der Waals surface area contributed by atoms with E-state index in [0.29, 0.717) is 37.9 Å². The molecule has 2 rings (SSSR count). The summed E-state index contributed by atoms with van der Waals surface area (Å²) >= 11 is 0. The van der Waals surface area contributed by atoms with Crippen molar-refractivity contribution in [2.75, 3.05) is 26.7 Å². The Morgan fingerprint density at radius 1 is 1.32 bits per heavy atom. The van der Waals surface area contributed by atoms with Crippen LogP contribution in [0, 0.1) is 11.8 Å². The minimum Gasteiger partial charge on any atom is -0.495 e. The van der Waals surface area contributed by atoms with Gasteiger partial charge in [-0.1, -0.05) is 13.8 Å². The van der Waals surface area contributed by atoms with Gasteiger partial charge in [-0.3, -0.25) is 4.79 Å². The Morgan fingerprint density at radius 3 is 2.46 bits per heavy atom. The first kappa shape index (κ1) is 24.7. The summed E-state index contributed by atoms with van der Waals surface area (Å²) in [7, 11) is -2.32. The van der Waals surface area contributed by atoms with Crippen LogP contribution in [0.15, 0.2) is 23.1 Å². The predicted octanol–water partition coefficient (Wildman–Crippen LogP) is 2.25. The third-order valence-electron chi connectivity index (χ3n) is 4.76. The monoisotopic (exact) mass is 433 g/mol. The van der Waals surface area contributed by atoms with Gasteiger partial charge in [0.15, 0.2) is 0 Å². The lowest BCUT2D eigenvalue weighted by Crippen LogP contribution is -2.42. The number of carbonyl (C=O) groups excluding carboxylic acids is 1. The fourth-order valence-corrected chi connectivity index (χ4v) is 5.34. The highest BCUT2D eigenvalue weighted by molar-refractivity contribution is 7.89. The van der Waals surface area contributed by atoms with Gasteiger partial charge in [0.2, 0.25) is 10.0 Å². The van der Waals surface area contributed by atoms with Crippen molar-refractivity contribution in [2.45, 2.75) is 44.6 Å². The average molecular weight is 434 g/mol. The van der Waals surface area contributed by atoms with Crippen molar-refractivity contribution in [3.8, 4) is 5.75 Å². The first-order valence-electron chi connectivity index (χ1n) is 9.37. The number of nitrogens with zero attached hydrogens (tertiary/aromatic N) is 1. The number of piperidine rings is 1. The maximum absolute atomic E-state index is 13.2. The third kappa shape index (κ3) is 6.07. The molecule has 0 saturated carbocycles. The van der Waals surface area contributed by atoms with Crippen molar-refractivity contribution < 1.29 is 17.9 Å². The van der Waals surface area contributed by atoms with E-state index >= 15 is 0 Å². The van der Waals surface area contributed by atoms with Gasteiger partial charge in [-0.25, -0.2) is 8.42 Å². The number of carbonyl (C=O) groups is 1. The zero-order valence-corrected chi connectivity index (χ0v) is 18.6. The molecular weight excluding hydrogens is 402 g/mol. The Bertz CT molecular complexity index is 760. The van der Waals surface area contributed by atoms with E-state index < -0.39 is 10.0 Å². The van der Waals surface area contributed by atoms with E-state index in [1.54, 1.807) is 6.07 Å². The summed E-state index contributed by atoms with van der Waals surface area (Å²) in [5.41, 5.74) is 5.98. The summed E-state index contributed by atoms with van der Waals surface area (Å²) in [6.07, 6.45) is 1.65. The Morgan fingerprint density at radius 2 is 1.93 bits per heavy atom. The van der Waals surface area contributed by atoms with Crippen LogP contribution in [0.4, 0.5) is 0 Å². The van der Waals surface area contributed by atoms with Gasteiger partial charge in [0.25, 0.3) is 5.91 Å². The molecule has 1 aromatic rings. The number of rotatable bonds is 7. The van der Waals surface area contributed by atoms with Crippen molar-refractivity contribution >= 4 is 28.3 Å². The van der Waals surface area contributed by atoms with Crippen LogP contribution >= 0.6 is 12.4 Å². The largest absolute Gasteiger partial charge is 0.495 e. The molecule has 1 heterocycles. The highest BCUT2D eigenvalue weighted by Gasteiger charge is 2.34. The number of amides is 1. The molecule has 0 aromatic heterocycles. The fraction of sp³-hybridized carbons (Fsp3) is 0.632. The van der Waals surface area contributed by atoms with Crippen molar-refractivity contribution in [1.29, 1.82) is 0 Å². The number of ether oxygens (including phenoxy) is 1. The van der Waals surface area contributed by atoms with Crippen molar-refractivity contribution in [1.82, 2.24) is 9.62 Å². The van der Waals surface area contributed by atoms with E-state index in [0.717, 1.165) is 6.42 Å². The molecule has 0 aliphatic carbocycles. The van der Waals surface area contributed by atoms with Crippen LogP contribution in [0.5, 0.6) is 5.75 Å². The van der Waals surface area contributed by atoms with Crippen LogP contribution in [0.2, 0.25) is 0 Å². The molecule has 1 saturated heterocycles. The number of sulfonamides is 1. The van der Waals surface area contributed by atoms with Gasteiger partial charge in [-0.2, -0.15) is 4.31 Å². The summed E-state index contributed by atoms with van der Waals surface area (Å²) in [4.78, 5) is 12.4. The number of nitrogens with one attached hydrogen (secondary N) is 1. The molecule has 0 radical (unpaired) electrons. The summed E-state index contributed by atoms with van der Waals surface area (Å²) in [6.45, 7) is 7.35. The molecule has 3 unspecified atom stereocenters. The van der Waals surface area contributed by atoms with Crippen LogP contribution in [0.25, 0.3) is 0 Å². The molecular formula is C19H32ClN3O4S. The molecule has 0 spiro atoms. The fourth-order valence-electron chi connectivity index (χ4n) is 3.48. The van der Waals surface area contributed by atoms with Gasteiger partial charge in [0, 0.05) is 31.2 Å². The van der Waals surface area contributed by atoms with Gasteiger partial charge in [0.1, 0.15) is 10.6 Å². The van der Waals surface area contributed by atoms with Gasteiger partial charge in [0.05, 0.1) is 7.11 Å². The Labute approximate surface area is 174 Å². The highest BCUT2D eigenvalue weighted by atomic mass is 35.5. The first-order chi connectivity index (χ1) is 12.6. The summed E-state index contributed by atoms with van der Waals surface area (Å²) in [5, 5.41) is 2.77. The Balaban J connectivity index is 0.00000392. The molecule has 1 fully saturated rings. The number of halogens is 1. The van der Waals surface area contributed by atoms with Gasteiger partial charge in [-0.05, 0) is 49.8 Å². The minimum absolute atomic E-state index is 0. The molecule has 1 aliphatic heterocycles. The second-order valence-corrected chi connectivity index (χ2v) is 9.56.